The summed E-state index contributed by atoms with van der Waals surface area (Å²) in [4.78, 5) is 0. The first kappa shape index (κ1) is 7.86. The van der Waals surface area contributed by atoms with Crippen LogP contribution in [-0.2, 0) is 0 Å². The van der Waals surface area contributed by atoms with Crippen LogP contribution in [-0.4, -0.2) is 4.57 Å². The second-order valence-electron chi connectivity index (χ2n) is 2.75. The van der Waals surface area contributed by atoms with Gasteiger partial charge in [0.1, 0.15) is 0 Å². The molecule has 0 bridgehead atoms. The number of aromatic nitrogens is 1. The van der Waals surface area contributed by atoms with E-state index in [2.05, 4.69) is 31.2 Å². The summed E-state index contributed by atoms with van der Waals surface area (Å²) in [7, 11) is 0. The molecule has 1 rings (SSSR count). The average Bonchev–Trinajstić information content (AvgIpc) is 2.34. The topological polar surface area (TPSA) is 4.93 Å². The first-order valence-corrected chi connectivity index (χ1v) is 3.68. The van der Waals surface area contributed by atoms with Crippen LogP contribution in [0.1, 0.15) is 19.5 Å². The first-order valence-electron chi connectivity index (χ1n) is 3.68. The Morgan fingerprint density at radius 3 is 2.82 bits per heavy atom. The molecule has 0 radical (unpaired) electrons. The van der Waals surface area contributed by atoms with Crippen molar-refractivity contribution >= 4 is 12.3 Å². The van der Waals surface area contributed by atoms with Crippen molar-refractivity contribution in [3.05, 3.63) is 36.2 Å². The summed E-state index contributed by atoms with van der Waals surface area (Å²) in [5.74, 6) is 0. The van der Waals surface area contributed by atoms with Crippen molar-refractivity contribution < 1.29 is 0 Å². The molecule has 1 heteroatoms. The Morgan fingerprint density at radius 1 is 1.55 bits per heavy atom. The smallest absolute Gasteiger partial charge is 0.0443 e. The van der Waals surface area contributed by atoms with Crippen LogP contribution in [0.5, 0.6) is 0 Å². The molecule has 0 unspecified atom stereocenters. The van der Waals surface area contributed by atoms with Gasteiger partial charge in [0.15, 0.2) is 0 Å². The van der Waals surface area contributed by atoms with Gasteiger partial charge in [-0.1, -0.05) is 12.2 Å². The van der Waals surface area contributed by atoms with Gasteiger partial charge in [0, 0.05) is 18.1 Å². The standard InChI is InChI=1S/C10H13N/c1-4-10-6-5-7-11(10)8-9(2)3/h4-8H,1H2,2-3H3. The zero-order valence-corrected chi connectivity index (χ0v) is 7.04. The van der Waals surface area contributed by atoms with Crippen molar-refractivity contribution in [2.75, 3.05) is 0 Å². The molecular formula is C10H13N. The first-order chi connectivity index (χ1) is 5.24. The molecule has 0 aliphatic carbocycles. The average molecular weight is 147 g/mol. The van der Waals surface area contributed by atoms with Gasteiger partial charge in [0.05, 0.1) is 0 Å². The fourth-order valence-electron chi connectivity index (χ4n) is 0.976. The maximum Gasteiger partial charge on any atom is 0.0443 e. The van der Waals surface area contributed by atoms with Crippen molar-refractivity contribution in [1.29, 1.82) is 0 Å². The molecule has 0 aliphatic rings. The molecule has 1 heterocycles. The number of hydrogen-bond acceptors (Lipinski definition) is 0. The van der Waals surface area contributed by atoms with Gasteiger partial charge >= 0.3 is 0 Å². The van der Waals surface area contributed by atoms with E-state index in [1.165, 1.54) is 5.57 Å². The predicted molar refractivity (Wildman–Crippen MR) is 50.1 cm³/mol. The van der Waals surface area contributed by atoms with E-state index in [1.807, 2.05) is 24.4 Å². The van der Waals surface area contributed by atoms with Gasteiger partial charge in [0.25, 0.3) is 0 Å². The summed E-state index contributed by atoms with van der Waals surface area (Å²) in [5, 5.41) is 0. The van der Waals surface area contributed by atoms with Crippen molar-refractivity contribution in [1.82, 2.24) is 4.57 Å². The van der Waals surface area contributed by atoms with Crippen molar-refractivity contribution in [3.8, 4) is 0 Å². The molecule has 0 saturated carbocycles. The van der Waals surface area contributed by atoms with Crippen LogP contribution in [0.4, 0.5) is 0 Å². The Kier molecular flexibility index (Phi) is 2.32. The molecule has 58 valence electrons. The molecule has 0 amide bonds. The second-order valence-corrected chi connectivity index (χ2v) is 2.75. The molecule has 1 aromatic heterocycles. The molecule has 0 saturated heterocycles. The van der Waals surface area contributed by atoms with E-state index < -0.39 is 0 Å². The number of hydrogen-bond donors (Lipinski definition) is 0. The van der Waals surface area contributed by atoms with Crippen LogP contribution in [0.2, 0.25) is 0 Å². The molecule has 0 N–H and O–H groups in total. The zero-order chi connectivity index (χ0) is 8.27. The largest absolute Gasteiger partial charge is 0.324 e. The van der Waals surface area contributed by atoms with Gasteiger partial charge < -0.3 is 4.57 Å². The van der Waals surface area contributed by atoms with Crippen molar-refractivity contribution in [3.63, 3.8) is 0 Å². The number of allylic oxidation sites excluding steroid dienone is 1. The second kappa shape index (κ2) is 3.24. The Morgan fingerprint density at radius 2 is 2.27 bits per heavy atom. The lowest BCUT2D eigenvalue weighted by Gasteiger charge is -1.98. The molecule has 1 aromatic rings. The molecule has 0 spiro atoms. The Labute approximate surface area is 67.7 Å². The molecule has 0 fully saturated rings. The monoisotopic (exact) mass is 147 g/mol. The summed E-state index contributed by atoms with van der Waals surface area (Å²) < 4.78 is 2.06. The summed E-state index contributed by atoms with van der Waals surface area (Å²) in [6, 6.07) is 4.04. The molecule has 0 atom stereocenters. The van der Waals surface area contributed by atoms with E-state index in [9.17, 15) is 0 Å². The highest BCUT2D eigenvalue weighted by Gasteiger charge is 1.90. The lowest BCUT2D eigenvalue weighted by molar-refractivity contribution is 1.13. The van der Waals surface area contributed by atoms with Crippen LogP contribution in [0.15, 0.2) is 30.5 Å². The van der Waals surface area contributed by atoms with Crippen LogP contribution in [0.3, 0.4) is 0 Å². The highest BCUT2D eigenvalue weighted by atomic mass is 14.9. The fourth-order valence-corrected chi connectivity index (χ4v) is 0.976. The van der Waals surface area contributed by atoms with Gasteiger partial charge in [-0.25, -0.2) is 0 Å². The number of nitrogens with zero attached hydrogens (tertiary/aromatic N) is 1. The van der Waals surface area contributed by atoms with Crippen LogP contribution < -0.4 is 0 Å². The Hall–Kier alpha value is -1.24. The predicted octanol–water partition coefficient (Wildman–Crippen LogP) is 3.01. The SMILES string of the molecule is C=Cc1cccn1C=C(C)C. The van der Waals surface area contributed by atoms with Crippen LogP contribution in [0, 0.1) is 0 Å². The lowest BCUT2D eigenvalue weighted by atomic mass is 10.4. The highest BCUT2D eigenvalue weighted by molar-refractivity contribution is 5.48. The minimum atomic E-state index is 1.13. The third kappa shape index (κ3) is 1.84. The minimum absolute atomic E-state index is 1.13. The maximum atomic E-state index is 3.72. The van der Waals surface area contributed by atoms with E-state index in [0.29, 0.717) is 0 Å². The maximum absolute atomic E-state index is 3.72. The lowest BCUT2D eigenvalue weighted by Crippen LogP contribution is -1.86. The van der Waals surface area contributed by atoms with Gasteiger partial charge in [0.2, 0.25) is 0 Å². The summed E-state index contributed by atoms with van der Waals surface area (Å²) >= 11 is 0. The Bertz CT molecular complexity index is 275. The third-order valence-corrected chi connectivity index (χ3v) is 1.42. The van der Waals surface area contributed by atoms with E-state index in [-0.39, 0.29) is 0 Å². The fraction of sp³-hybridized carbons (Fsp3) is 0.200. The summed E-state index contributed by atoms with van der Waals surface area (Å²) in [5.41, 5.74) is 2.41. The van der Waals surface area contributed by atoms with Crippen LogP contribution >= 0.6 is 0 Å². The van der Waals surface area contributed by atoms with Crippen LogP contribution in [0.25, 0.3) is 12.3 Å². The Balaban J connectivity index is 3.03. The van der Waals surface area contributed by atoms with Gasteiger partial charge in [-0.15, -0.1) is 0 Å². The van der Waals surface area contributed by atoms with E-state index >= 15 is 0 Å². The molecule has 0 aromatic carbocycles. The molecule has 0 aliphatic heterocycles. The highest BCUT2D eigenvalue weighted by Crippen LogP contribution is 2.05. The molecule has 1 nitrogen and oxygen atoms in total. The zero-order valence-electron chi connectivity index (χ0n) is 7.04. The molecular weight excluding hydrogens is 134 g/mol. The third-order valence-electron chi connectivity index (χ3n) is 1.42. The van der Waals surface area contributed by atoms with E-state index in [0.717, 1.165) is 5.69 Å². The van der Waals surface area contributed by atoms with Crippen molar-refractivity contribution in [2.24, 2.45) is 0 Å². The van der Waals surface area contributed by atoms with E-state index in [1.54, 1.807) is 0 Å². The normalized spacial score (nSPS) is 9.27. The van der Waals surface area contributed by atoms with Gasteiger partial charge in [-0.3, -0.25) is 0 Å². The van der Waals surface area contributed by atoms with Gasteiger partial charge in [-0.05, 0) is 32.1 Å². The summed E-state index contributed by atoms with van der Waals surface area (Å²) in [6.07, 6.45) is 5.94. The summed E-state index contributed by atoms with van der Waals surface area (Å²) in [6.45, 7) is 7.87. The van der Waals surface area contributed by atoms with Gasteiger partial charge in [-0.2, -0.15) is 0 Å². The number of rotatable bonds is 2. The molecule has 11 heavy (non-hydrogen) atoms. The minimum Gasteiger partial charge on any atom is -0.324 e. The van der Waals surface area contributed by atoms with E-state index in [4.69, 9.17) is 0 Å². The quantitative estimate of drug-likeness (QED) is 0.606. The van der Waals surface area contributed by atoms with Crippen molar-refractivity contribution in [2.45, 2.75) is 13.8 Å².